The van der Waals surface area contributed by atoms with Crippen LogP contribution in [-0.4, -0.2) is 18.5 Å². The molecule has 1 amide bonds. The second-order valence-electron chi connectivity index (χ2n) is 6.00. The summed E-state index contributed by atoms with van der Waals surface area (Å²) in [5.74, 6) is 0.229. The number of halogens is 1. The van der Waals surface area contributed by atoms with Crippen LogP contribution < -0.4 is 11.1 Å². The lowest BCUT2D eigenvalue weighted by Crippen LogP contribution is -2.44. The van der Waals surface area contributed by atoms with Gasteiger partial charge in [0.1, 0.15) is 11.6 Å². The molecule has 4 nitrogen and oxygen atoms in total. The summed E-state index contributed by atoms with van der Waals surface area (Å²) in [7, 11) is 0. The van der Waals surface area contributed by atoms with E-state index >= 15 is 0 Å². The molecular formula is C18H21FN2O2. The first-order valence-corrected chi connectivity index (χ1v) is 8.04. The summed E-state index contributed by atoms with van der Waals surface area (Å²) in [5, 5.41) is 3.01. The highest BCUT2D eigenvalue weighted by molar-refractivity contribution is 5.92. The van der Waals surface area contributed by atoms with Gasteiger partial charge >= 0.3 is 0 Å². The van der Waals surface area contributed by atoms with Crippen molar-refractivity contribution >= 4 is 5.91 Å². The lowest BCUT2D eigenvalue weighted by molar-refractivity contribution is 0.0880. The number of carbonyl (C=O) groups is 1. The van der Waals surface area contributed by atoms with Crippen molar-refractivity contribution in [1.29, 1.82) is 0 Å². The van der Waals surface area contributed by atoms with Crippen LogP contribution in [0.5, 0.6) is 0 Å². The number of rotatable bonds is 4. The van der Waals surface area contributed by atoms with Crippen LogP contribution in [0.3, 0.4) is 0 Å². The summed E-state index contributed by atoms with van der Waals surface area (Å²) in [6, 6.07) is 9.63. The van der Waals surface area contributed by atoms with Gasteiger partial charge in [0, 0.05) is 6.04 Å². The molecular weight excluding hydrogens is 295 g/mol. The summed E-state index contributed by atoms with van der Waals surface area (Å²) in [6.07, 6.45) is 4.24. The Bertz CT molecular complexity index is 683. The second kappa shape index (κ2) is 6.96. The van der Waals surface area contributed by atoms with Gasteiger partial charge in [-0.1, -0.05) is 25.0 Å². The SMILES string of the molecule is NCC1CCCCC1NC(=O)c1ccc(-c2ccccc2F)o1. The molecule has 5 heteroatoms. The van der Waals surface area contributed by atoms with Gasteiger partial charge in [0.05, 0.1) is 5.56 Å². The van der Waals surface area contributed by atoms with Crippen LogP contribution in [0.2, 0.25) is 0 Å². The topological polar surface area (TPSA) is 68.3 Å². The number of hydrogen-bond donors (Lipinski definition) is 2. The standard InChI is InChI=1S/C18H21FN2O2/c19-14-7-3-2-6-13(14)16-9-10-17(23-16)18(22)21-15-8-4-1-5-12(15)11-20/h2-3,6-7,9-10,12,15H,1,4-5,8,11,20H2,(H,21,22). The third kappa shape index (κ3) is 3.45. The predicted molar refractivity (Wildman–Crippen MR) is 86.4 cm³/mol. The van der Waals surface area contributed by atoms with Gasteiger partial charge in [0.2, 0.25) is 0 Å². The van der Waals surface area contributed by atoms with Gasteiger partial charge in [-0.05, 0) is 49.6 Å². The zero-order valence-corrected chi connectivity index (χ0v) is 12.9. The maximum absolute atomic E-state index is 13.8. The van der Waals surface area contributed by atoms with E-state index in [2.05, 4.69) is 5.32 Å². The van der Waals surface area contributed by atoms with Gasteiger partial charge in [0.25, 0.3) is 5.91 Å². The van der Waals surface area contributed by atoms with E-state index in [4.69, 9.17) is 10.2 Å². The molecule has 23 heavy (non-hydrogen) atoms. The zero-order chi connectivity index (χ0) is 16.2. The van der Waals surface area contributed by atoms with Crippen LogP contribution in [-0.2, 0) is 0 Å². The van der Waals surface area contributed by atoms with Crippen molar-refractivity contribution in [3.8, 4) is 11.3 Å². The number of hydrogen-bond acceptors (Lipinski definition) is 3. The lowest BCUT2D eigenvalue weighted by atomic mass is 9.84. The highest BCUT2D eigenvalue weighted by Crippen LogP contribution is 2.26. The van der Waals surface area contributed by atoms with E-state index in [1.54, 1.807) is 30.3 Å². The smallest absolute Gasteiger partial charge is 0.287 e. The summed E-state index contributed by atoms with van der Waals surface area (Å²) in [5.41, 5.74) is 6.14. The maximum atomic E-state index is 13.8. The maximum Gasteiger partial charge on any atom is 0.287 e. The van der Waals surface area contributed by atoms with E-state index in [0.29, 0.717) is 23.8 Å². The van der Waals surface area contributed by atoms with Crippen LogP contribution in [0.1, 0.15) is 36.2 Å². The van der Waals surface area contributed by atoms with Gasteiger partial charge in [-0.2, -0.15) is 0 Å². The Labute approximate surface area is 134 Å². The third-order valence-electron chi connectivity index (χ3n) is 4.50. The first-order valence-electron chi connectivity index (χ1n) is 8.04. The Morgan fingerprint density at radius 3 is 2.78 bits per heavy atom. The Hall–Kier alpha value is -2.14. The van der Waals surface area contributed by atoms with Gasteiger partial charge in [-0.15, -0.1) is 0 Å². The number of carbonyl (C=O) groups excluding carboxylic acids is 1. The first kappa shape index (κ1) is 15.7. The van der Waals surface area contributed by atoms with Crippen molar-refractivity contribution in [1.82, 2.24) is 5.32 Å². The lowest BCUT2D eigenvalue weighted by Gasteiger charge is -2.30. The van der Waals surface area contributed by atoms with E-state index in [1.165, 1.54) is 6.07 Å². The van der Waals surface area contributed by atoms with Crippen LogP contribution in [0.15, 0.2) is 40.8 Å². The van der Waals surface area contributed by atoms with Crippen LogP contribution >= 0.6 is 0 Å². The molecule has 122 valence electrons. The summed E-state index contributed by atoms with van der Waals surface area (Å²) >= 11 is 0. The van der Waals surface area contributed by atoms with E-state index in [-0.39, 0.29) is 23.5 Å². The van der Waals surface area contributed by atoms with Crippen molar-refractivity contribution in [3.63, 3.8) is 0 Å². The van der Waals surface area contributed by atoms with Gasteiger partial charge < -0.3 is 15.5 Å². The number of benzene rings is 1. The monoisotopic (exact) mass is 316 g/mol. The minimum Gasteiger partial charge on any atom is -0.451 e. The van der Waals surface area contributed by atoms with Crippen molar-refractivity contribution in [2.45, 2.75) is 31.7 Å². The fourth-order valence-electron chi connectivity index (χ4n) is 3.19. The van der Waals surface area contributed by atoms with E-state index in [9.17, 15) is 9.18 Å². The fourth-order valence-corrected chi connectivity index (χ4v) is 3.19. The second-order valence-corrected chi connectivity index (χ2v) is 6.00. The minimum absolute atomic E-state index is 0.0864. The predicted octanol–water partition coefficient (Wildman–Crippen LogP) is 3.33. The molecule has 0 spiro atoms. The van der Waals surface area contributed by atoms with E-state index in [0.717, 1.165) is 25.7 Å². The molecule has 1 aromatic heterocycles. The molecule has 2 atom stereocenters. The largest absolute Gasteiger partial charge is 0.451 e. The molecule has 1 heterocycles. The average Bonchev–Trinajstić information content (AvgIpc) is 3.05. The molecule has 1 fully saturated rings. The van der Waals surface area contributed by atoms with Gasteiger partial charge in [-0.3, -0.25) is 4.79 Å². The normalized spacial score (nSPS) is 21.1. The Kier molecular flexibility index (Phi) is 4.76. The number of furan rings is 1. The Morgan fingerprint density at radius 1 is 1.22 bits per heavy atom. The summed E-state index contributed by atoms with van der Waals surface area (Å²) in [6.45, 7) is 0.573. The van der Waals surface area contributed by atoms with Gasteiger partial charge in [-0.25, -0.2) is 4.39 Å². The molecule has 1 aliphatic carbocycles. The van der Waals surface area contributed by atoms with Crippen molar-refractivity contribution in [3.05, 3.63) is 48.0 Å². The van der Waals surface area contributed by atoms with E-state index < -0.39 is 0 Å². The highest BCUT2D eigenvalue weighted by atomic mass is 19.1. The molecule has 1 aromatic carbocycles. The molecule has 0 aliphatic heterocycles. The van der Waals surface area contributed by atoms with Crippen LogP contribution in [0.4, 0.5) is 4.39 Å². The molecule has 2 aromatic rings. The molecule has 2 unspecified atom stereocenters. The molecule has 0 bridgehead atoms. The first-order chi connectivity index (χ1) is 11.2. The molecule has 0 saturated heterocycles. The number of amides is 1. The molecule has 0 radical (unpaired) electrons. The molecule has 1 aliphatic rings. The Balaban J connectivity index is 1.72. The summed E-state index contributed by atoms with van der Waals surface area (Å²) < 4.78 is 19.3. The number of nitrogens with two attached hydrogens (primary N) is 1. The average molecular weight is 316 g/mol. The zero-order valence-electron chi connectivity index (χ0n) is 12.9. The number of nitrogens with one attached hydrogen (secondary N) is 1. The van der Waals surface area contributed by atoms with Crippen molar-refractivity contribution in [2.75, 3.05) is 6.54 Å². The van der Waals surface area contributed by atoms with Crippen molar-refractivity contribution in [2.24, 2.45) is 11.7 Å². The highest BCUT2D eigenvalue weighted by Gasteiger charge is 2.26. The quantitative estimate of drug-likeness (QED) is 0.909. The van der Waals surface area contributed by atoms with Crippen LogP contribution in [0.25, 0.3) is 11.3 Å². The molecule has 3 N–H and O–H groups in total. The van der Waals surface area contributed by atoms with Crippen LogP contribution in [0, 0.1) is 11.7 Å². The minimum atomic E-state index is -0.371. The van der Waals surface area contributed by atoms with Crippen molar-refractivity contribution < 1.29 is 13.6 Å². The van der Waals surface area contributed by atoms with Gasteiger partial charge in [0.15, 0.2) is 5.76 Å². The third-order valence-corrected chi connectivity index (χ3v) is 4.50. The Morgan fingerprint density at radius 2 is 2.00 bits per heavy atom. The fraction of sp³-hybridized carbons (Fsp3) is 0.389. The molecule has 3 rings (SSSR count). The van der Waals surface area contributed by atoms with E-state index in [1.807, 2.05) is 0 Å². The molecule has 1 saturated carbocycles. The summed E-state index contributed by atoms with van der Waals surface area (Å²) in [4.78, 5) is 12.4.